The summed E-state index contributed by atoms with van der Waals surface area (Å²) in [4.78, 5) is 12.2. The summed E-state index contributed by atoms with van der Waals surface area (Å²) < 4.78 is 30.7. The second-order valence-electron chi connectivity index (χ2n) is 6.55. The highest BCUT2D eigenvalue weighted by Crippen LogP contribution is 2.18. The molecule has 27 heavy (non-hydrogen) atoms. The van der Waals surface area contributed by atoms with Crippen molar-refractivity contribution < 1.29 is 17.9 Å². The second-order valence-corrected chi connectivity index (χ2v) is 8.70. The van der Waals surface area contributed by atoms with Crippen molar-refractivity contribution in [1.29, 1.82) is 0 Å². The first-order chi connectivity index (χ1) is 12.7. The van der Waals surface area contributed by atoms with Crippen LogP contribution in [0.1, 0.15) is 16.7 Å². The summed E-state index contributed by atoms with van der Waals surface area (Å²) in [5.74, 6) is 0.491. The summed E-state index contributed by atoms with van der Waals surface area (Å²) in [7, 11) is -0.472. The lowest BCUT2D eigenvalue weighted by atomic mass is 10.0. The number of benzene rings is 2. The van der Waals surface area contributed by atoms with Crippen molar-refractivity contribution in [1.82, 2.24) is 9.62 Å². The summed E-state index contributed by atoms with van der Waals surface area (Å²) in [6.45, 7) is 4.75. The molecule has 0 aliphatic heterocycles. The fraction of sp³-hybridized carbons (Fsp3) is 0.350. The van der Waals surface area contributed by atoms with Crippen molar-refractivity contribution >= 4 is 15.9 Å². The molecule has 6 nitrogen and oxygen atoms in total. The Kier molecular flexibility index (Phi) is 6.98. The molecule has 0 aliphatic rings. The van der Waals surface area contributed by atoms with Crippen LogP contribution in [0.25, 0.3) is 0 Å². The molecule has 0 bridgehead atoms. The monoisotopic (exact) mass is 390 g/mol. The Labute approximate surface area is 161 Å². The number of carbonyl (C=O) groups is 1. The quantitative estimate of drug-likeness (QED) is 0.702. The van der Waals surface area contributed by atoms with E-state index < -0.39 is 10.0 Å². The lowest BCUT2D eigenvalue weighted by Gasteiger charge is -2.12. The fourth-order valence-electron chi connectivity index (χ4n) is 2.44. The Hall–Kier alpha value is -2.38. The summed E-state index contributed by atoms with van der Waals surface area (Å²) in [6.07, 6.45) is 0.332. The lowest BCUT2D eigenvalue weighted by Crippen LogP contribution is -2.29. The Morgan fingerprint density at radius 2 is 1.70 bits per heavy atom. The van der Waals surface area contributed by atoms with E-state index in [2.05, 4.69) is 5.32 Å². The van der Waals surface area contributed by atoms with Crippen molar-refractivity contribution in [3.05, 3.63) is 59.2 Å². The molecule has 2 aromatic carbocycles. The molecule has 2 aromatic rings. The van der Waals surface area contributed by atoms with Gasteiger partial charge in [0.1, 0.15) is 12.4 Å². The Morgan fingerprint density at radius 1 is 1.04 bits per heavy atom. The zero-order valence-corrected chi connectivity index (χ0v) is 17.0. The van der Waals surface area contributed by atoms with Gasteiger partial charge in [0, 0.05) is 14.1 Å². The van der Waals surface area contributed by atoms with Crippen molar-refractivity contribution in [2.45, 2.75) is 25.2 Å². The number of sulfonamides is 1. The average molecular weight is 391 g/mol. The van der Waals surface area contributed by atoms with Crippen LogP contribution >= 0.6 is 0 Å². The molecule has 0 unspecified atom stereocenters. The van der Waals surface area contributed by atoms with Gasteiger partial charge >= 0.3 is 0 Å². The van der Waals surface area contributed by atoms with E-state index in [4.69, 9.17) is 4.74 Å². The smallest absolute Gasteiger partial charge is 0.242 e. The first-order valence-corrected chi connectivity index (χ1v) is 10.1. The van der Waals surface area contributed by atoms with Crippen LogP contribution in [-0.2, 0) is 21.2 Å². The molecule has 0 saturated heterocycles. The number of rotatable bonds is 8. The van der Waals surface area contributed by atoms with Crippen molar-refractivity contribution in [2.75, 3.05) is 27.2 Å². The van der Waals surface area contributed by atoms with E-state index >= 15 is 0 Å². The maximum Gasteiger partial charge on any atom is 0.242 e. The molecule has 0 aliphatic carbocycles. The third-order valence-electron chi connectivity index (χ3n) is 4.23. The van der Waals surface area contributed by atoms with E-state index in [0.717, 1.165) is 9.87 Å². The van der Waals surface area contributed by atoms with Crippen LogP contribution in [0.3, 0.4) is 0 Å². The van der Waals surface area contributed by atoms with E-state index in [9.17, 15) is 13.2 Å². The molecule has 0 radical (unpaired) electrons. The number of amides is 1. The largest absolute Gasteiger partial charge is 0.492 e. The first-order valence-electron chi connectivity index (χ1n) is 8.68. The first kappa shape index (κ1) is 20.9. The minimum Gasteiger partial charge on any atom is -0.492 e. The van der Waals surface area contributed by atoms with Crippen LogP contribution in [0.2, 0.25) is 0 Å². The molecule has 146 valence electrons. The van der Waals surface area contributed by atoms with E-state index in [-0.39, 0.29) is 10.8 Å². The number of aryl methyl sites for hydroxylation is 2. The predicted molar refractivity (Wildman–Crippen MR) is 105 cm³/mol. The molecule has 0 spiro atoms. The van der Waals surface area contributed by atoms with Gasteiger partial charge in [0.05, 0.1) is 17.9 Å². The van der Waals surface area contributed by atoms with Crippen molar-refractivity contribution in [3.8, 4) is 5.75 Å². The molecule has 0 aromatic heterocycles. The molecule has 0 fully saturated rings. The van der Waals surface area contributed by atoms with Gasteiger partial charge in [0.2, 0.25) is 15.9 Å². The maximum atomic E-state index is 12.0. The minimum absolute atomic E-state index is 0.0609. The van der Waals surface area contributed by atoms with Gasteiger partial charge in [0.25, 0.3) is 0 Å². The van der Waals surface area contributed by atoms with Crippen LogP contribution in [0.4, 0.5) is 0 Å². The minimum atomic E-state index is -3.44. The van der Waals surface area contributed by atoms with E-state index in [0.29, 0.717) is 25.3 Å². The summed E-state index contributed by atoms with van der Waals surface area (Å²) in [5.41, 5.74) is 3.36. The maximum absolute atomic E-state index is 12.0. The zero-order valence-electron chi connectivity index (χ0n) is 16.2. The summed E-state index contributed by atoms with van der Waals surface area (Å²) >= 11 is 0. The van der Waals surface area contributed by atoms with Gasteiger partial charge in [-0.05, 0) is 54.8 Å². The highest BCUT2D eigenvalue weighted by Gasteiger charge is 2.16. The number of hydrogen-bond donors (Lipinski definition) is 1. The Bertz CT molecular complexity index is 891. The van der Waals surface area contributed by atoms with Gasteiger partial charge < -0.3 is 10.1 Å². The number of hydrogen-bond acceptors (Lipinski definition) is 4. The highest BCUT2D eigenvalue weighted by atomic mass is 32.2. The van der Waals surface area contributed by atoms with Gasteiger partial charge in [-0.25, -0.2) is 12.7 Å². The topological polar surface area (TPSA) is 75.7 Å². The fourth-order valence-corrected chi connectivity index (χ4v) is 3.34. The van der Waals surface area contributed by atoms with Gasteiger partial charge in [-0.2, -0.15) is 0 Å². The van der Waals surface area contributed by atoms with E-state index in [1.54, 1.807) is 12.1 Å². The SMILES string of the molecule is Cc1ccc(CC(=O)NCCOc2ccc(S(=O)(=O)N(C)C)cc2)cc1C. The standard InChI is InChI=1S/C20H26N2O4S/c1-15-5-6-17(13-16(15)2)14-20(23)21-11-12-26-18-7-9-19(10-8-18)27(24,25)22(3)4/h5-10,13H,11-12,14H2,1-4H3,(H,21,23). The van der Waals surface area contributed by atoms with Crippen LogP contribution in [0.15, 0.2) is 47.4 Å². The summed E-state index contributed by atoms with van der Waals surface area (Å²) in [5, 5.41) is 2.82. The number of nitrogens with zero attached hydrogens (tertiary/aromatic N) is 1. The Morgan fingerprint density at radius 3 is 2.30 bits per heavy atom. The van der Waals surface area contributed by atoms with Crippen LogP contribution in [-0.4, -0.2) is 45.9 Å². The van der Waals surface area contributed by atoms with Crippen molar-refractivity contribution in [2.24, 2.45) is 0 Å². The molecule has 1 amide bonds. The average Bonchev–Trinajstić information content (AvgIpc) is 2.62. The highest BCUT2D eigenvalue weighted by molar-refractivity contribution is 7.89. The zero-order chi connectivity index (χ0) is 20.0. The second kappa shape index (κ2) is 9.01. The normalized spacial score (nSPS) is 11.4. The Balaban J connectivity index is 1.78. The van der Waals surface area contributed by atoms with Gasteiger partial charge in [-0.3, -0.25) is 4.79 Å². The molecule has 0 heterocycles. The number of carbonyl (C=O) groups excluding carboxylic acids is 1. The molecule has 0 atom stereocenters. The van der Waals surface area contributed by atoms with E-state index in [1.807, 2.05) is 32.0 Å². The van der Waals surface area contributed by atoms with Crippen molar-refractivity contribution in [3.63, 3.8) is 0 Å². The molecular weight excluding hydrogens is 364 g/mol. The van der Waals surface area contributed by atoms with Gasteiger partial charge in [-0.1, -0.05) is 18.2 Å². The van der Waals surface area contributed by atoms with Gasteiger partial charge in [0.15, 0.2) is 0 Å². The summed E-state index contributed by atoms with van der Waals surface area (Å²) in [6, 6.07) is 12.2. The molecule has 7 heteroatoms. The molecular formula is C20H26N2O4S. The van der Waals surface area contributed by atoms with Gasteiger partial charge in [-0.15, -0.1) is 0 Å². The third-order valence-corrected chi connectivity index (χ3v) is 6.06. The van der Waals surface area contributed by atoms with Crippen LogP contribution < -0.4 is 10.1 Å². The number of ether oxygens (including phenoxy) is 1. The predicted octanol–water partition coefficient (Wildman–Crippen LogP) is 2.29. The number of nitrogens with one attached hydrogen (secondary N) is 1. The van der Waals surface area contributed by atoms with Crippen LogP contribution in [0.5, 0.6) is 5.75 Å². The lowest BCUT2D eigenvalue weighted by molar-refractivity contribution is -0.120. The molecule has 0 saturated carbocycles. The molecule has 2 rings (SSSR count). The third kappa shape index (κ3) is 5.80. The molecule has 1 N–H and O–H groups in total. The van der Waals surface area contributed by atoms with E-state index in [1.165, 1.54) is 37.4 Å². The van der Waals surface area contributed by atoms with Crippen LogP contribution in [0, 0.1) is 13.8 Å².